The SMILES string of the molecule is CCc1ncc(CNc2ccc(Cl)c3cccnc23)s1. The van der Waals surface area contributed by atoms with E-state index in [1.807, 2.05) is 30.5 Å². The van der Waals surface area contributed by atoms with Gasteiger partial charge in [-0.25, -0.2) is 4.98 Å². The molecule has 102 valence electrons. The molecule has 0 amide bonds. The smallest absolute Gasteiger partial charge is 0.0948 e. The van der Waals surface area contributed by atoms with E-state index in [1.54, 1.807) is 17.5 Å². The fourth-order valence-electron chi connectivity index (χ4n) is 2.06. The van der Waals surface area contributed by atoms with Crippen molar-refractivity contribution in [3.63, 3.8) is 0 Å². The number of aryl methyl sites for hydroxylation is 1. The molecule has 3 aromatic rings. The van der Waals surface area contributed by atoms with Gasteiger partial charge in [0.2, 0.25) is 0 Å². The van der Waals surface area contributed by atoms with Gasteiger partial charge in [0.05, 0.1) is 27.8 Å². The lowest BCUT2D eigenvalue weighted by molar-refractivity contribution is 1.09. The van der Waals surface area contributed by atoms with Crippen LogP contribution in [-0.2, 0) is 13.0 Å². The van der Waals surface area contributed by atoms with Crippen molar-refractivity contribution in [1.82, 2.24) is 9.97 Å². The number of thiazole rings is 1. The van der Waals surface area contributed by atoms with Crippen LogP contribution in [0.5, 0.6) is 0 Å². The number of fused-ring (bicyclic) bond motifs is 1. The van der Waals surface area contributed by atoms with Gasteiger partial charge < -0.3 is 5.32 Å². The quantitative estimate of drug-likeness (QED) is 0.770. The Morgan fingerprint density at radius 3 is 2.95 bits per heavy atom. The summed E-state index contributed by atoms with van der Waals surface area (Å²) in [5.74, 6) is 0. The Balaban J connectivity index is 1.86. The summed E-state index contributed by atoms with van der Waals surface area (Å²) < 4.78 is 0. The van der Waals surface area contributed by atoms with Crippen LogP contribution < -0.4 is 5.32 Å². The van der Waals surface area contributed by atoms with Crippen LogP contribution in [0.4, 0.5) is 5.69 Å². The minimum atomic E-state index is 0.727. The van der Waals surface area contributed by atoms with E-state index in [1.165, 1.54) is 9.88 Å². The van der Waals surface area contributed by atoms with Gasteiger partial charge in [0.25, 0.3) is 0 Å². The number of nitrogens with zero attached hydrogens (tertiary/aromatic N) is 2. The minimum absolute atomic E-state index is 0.727. The highest BCUT2D eigenvalue weighted by molar-refractivity contribution is 7.11. The van der Waals surface area contributed by atoms with Gasteiger partial charge in [-0.15, -0.1) is 11.3 Å². The van der Waals surface area contributed by atoms with Crippen LogP contribution in [0.15, 0.2) is 36.7 Å². The second kappa shape index (κ2) is 5.77. The van der Waals surface area contributed by atoms with Gasteiger partial charge in [0, 0.05) is 22.7 Å². The van der Waals surface area contributed by atoms with Crippen molar-refractivity contribution in [2.45, 2.75) is 19.9 Å². The van der Waals surface area contributed by atoms with Crippen molar-refractivity contribution in [2.75, 3.05) is 5.32 Å². The van der Waals surface area contributed by atoms with Gasteiger partial charge >= 0.3 is 0 Å². The van der Waals surface area contributed by atoms with Crippen molar-refractivity contribution in [3.05, 3.63) is 51.6 Å². The number of hydrogen-bond acceptors (Lipinski definition) is 4. The molecule has 1 N–H and O–H groups in total. The molecule has 2 heterocycles. The maximum atomic E-state index is 6.19. The van der Waals surface area contributed by atoms with Crippen molar-refractivity contribution >= 4 is 39.5 Å². The first-order valence-electron chi connectivity index (χ1n) is 6.48. The molecule has 0 fully saturated rings. The predicted molar refractivity (Wildman–Crippen MR) is 85.6 cm³/mol. The Morgan fingerprint density at radius 1 is 1.25 bits per heavy atom. The molecule has 0 aliphatic heterocycles. The van der Waals surface area contributed by atoms with E-state index >= 15 is 0 Å². The zero-order chi connectivity index (χ0) is 13.9. The molecule has 0 atom stereocenters. The molecule has 0 radical (unpaired) electrons. The number of rotatable bonds is 4. The lowest BCUT2D eigenvalue weighted by Gasteiger charge is -2.08. The number of hydrogen-bond donors (Lipinski definition) is 1. The van der Waals surface area contributed by atoms with Gasteiger partial charge in [-0.05, 0) is 30.7 Å². The first kappa shape index (κ1) is 13.3. The highest BCUT2D eigenvalue weighted by atomic mass is 35.5. The maximum absolute atomic E-state index is 6.19. The van der Waals surface area contributed by atoms with E-state index in [-0.39, 0.29) is 0 Å². The van der Waals surface area contributed by atoms with Gasteiger partial charge in [-0.3, -0.25) is 4.98 Å². The summed E-state index contributed by atoms with van der Waals surface area (Å²) in [6, 6.07) is 7.75. The average Bonchev–Trinajstić information content (AvgIpc) is 2.95. The number of benzene rings is 1. The third kappa shape index (κ3) is 2.62. The first-order chi connectivity index (χ1) is 9.78. The lowest BCUT2D eigenvalue weighted by Crippen LogP contribution is -1.99. The molecule has 0 aliphatic rings. The Labute approximate surface area is 126 Å². The minimum Gasteiger partial charge on any atom is -0.378 e. The third-order valence-electron chi connectivity index (χ3n) is 3.07. The topological polar surface area (TPSA) is 37.8 Å². The Kier molecular flexibility index (Phi) is 3.85. The van der Waals surface area contributed by atoms with Crippen LogP contribution >= 0.6 is 22.9 Å². The van der Waals surface area contributed by atoms with Crippen LogP contribution in [0.1, 0.15) is 16.8 Å². The van der Waals surface area contributed by atoms with Gasteiger partial charge in [-0.2, -0.15) is 0 Å². The highest BCUT2D eigenvalue weighted by Crippen LogP contribution is 2.28. The second-order valence-corrected chi connectivity index (χ2v) is 6.03. The van der Waals surface area contributed by atoms with E-state index in [0.717, 1.165) is 34.6 Å². The van der Waals surface area contributed by atoms with Crippen molar-refractivity contribution in [1.29, 1.82) is 0 Å². The van der Waals surface area contributed by atoms with E-state index in [0.29, 0.717) is 0 Å². The molecular formula is C15H14ClN3S. The Bertz CT molecular complexity index is 739. The zero-order valence-electron chi connectivity index (χ0n) is 11.1. The van der Waals surface area contributed by atoms with Crippen LogP contribution in [-0.4, -0.2) is 9.97 Å². The summed E-state index contributed by atoms with van der Waals surface area (Å²) in [5.41, 5.74) is 1.90. The largest absolute Gasteiger partial charge is 0.378 e. The van der Waals surface area contributed by atoms with Crippen LogP contribution in [0.25, 0.3) is 10.9 Å². The highest BCUT2D eigenvalue weighted by Gasteiger charge is 2.06. The Hall–Kier alpha value is -1.65. The molecule has 0 bridgehead atoms. The van der Waals surface area contributed by atoms with Crippen molar-refractivity contribution in [2.24, 2.45) is 0 Å². The summed E-state index contributed by atoms with van der Waals surface area (Å²) in [6.45, 7) is 2.87. The second-order valence-electron chi connectivity index (χ2n) is 4.42. The fraction of sp³-hybridized carbons (Fsp3) is 0.200. The normalized spacial score (nSPS) is 10.9. The maximum Gasteiger partial charge on any atom is 0.0948 e. The van der Waals surface area contributed by atoms with E-state index in [2.05, 4.69) is 22.2 Å². The number of nitrogens with one attached hydrogen (secondary N) is 1. The summed E-state index contributed by atoms with van der Waals surface area (Å²) in [7, 11) is 0. The van der Waals surface area contributed by atoms with E-state index in [9.17, 15) is 0 Å². The van der Waals surface area contributed by atoms with Gasteiger partial charge in [-0.1, -0.05) is 18.5 Å². The molecule has 20 heavy (non-hydrogen) atoms. The molecule has 0 unspecified atom stereocenters. The van der Waals surface area contributed by atoms with E-state index in [4.69, 9.17) is 11.6 Å². The Morgan fingerprint density at radius 2 is 2.15 bits per heavy atom. The molecular weight excluding hydrogens is 290 g/mol. The van der Waals surface area contributed by atoms with Gasteiger partial charge in [0.15, 0.2) is 0 Å². The number of anilines is 1. The van der Waals surface area contributed by atoms with Crippen molar-refractivity contribution in [3.8, 4) is 0 Å². The summed E-state index contributed by atoms with van der Waals surface area (Å²) in [4.78, 5) is 10.0. The monoisotopic (exact) mass is 303 g/mol. The third-order valence-corrected chi connectivity index (χ3v) is 4.54. The zero-order valence-corrected chi connectivity index (χ0v) is 12.6. The molecule has 0 saturated heterocycles. The molecule has 0 spiro atoms. The van der Waals surface area contributed by atoms with Gasteiger partial charge in [0.1, 0.15) is 0 Å². The predicted octanol–water partition coefficient (Wildman–Crippen LogP) is 4.52. The summed E-state index contributed by atoms with van der Waals surface area (Å²) in [6.07, 6.45) is 4.70. The number of pyridine rings is 1. The number of aromatic nitrogens is 2. The standard InChI is InChI=1S/C15H14ClN3S/c1-2-14-19-9-10(20-14)8-18-13-6-5-12(16)11-4-3-7-17-15(11)13/h3-7,9,18H,2,8H2,1H3. The fourth-order valence-corrected chi connectivity index (χ4v) is 3.07. The van der Waals surface area contributed by atoms with Crippen LogP contribution in [0.3, 0.4) is 0 Å². The average molecular weight is 304 g/mol. The molecule has 3 rings (SSSR count). The van der Waals surface area contributed by atoms with Crippen molar-refractivity contribution < 1.29 is 0 Å². The molecule has 1 aromatic carbocycles. The first-order valence-corrected chi connectivity index (χ1v) is 7.68. The lowest BCUT2D eigenvalue weighted by atomic mass is 10.2. The van der Waals surface area contributed by atoms with E-state index < -0.39 is 0 Å². The summed E-state index contributed by atoms with van der Waals surface area (Å²) >= 11 is 7.93. The van der Waals surface area contributed by atoms with Crippen LogP contribution in [0.2, 0.25) is 5.02 Å². The van der Waals surface area contributed by atoms with Crippen LogP contribution in [0, 0.1) is 0 Å². The number of halogens is 1. The molecule has 5 heteroatoms. The molecule has 3 nitrogen and oxygen atoms in total. The summed E-state index contributed by atoms with van der Waals surface area (Å²) in [5, 5.41) is 6.28. The molecule has 2 aromatic heterocycles. The molecule has 0 aliphatic carbocycles. The molecule has 0 saturated carbocycles.